The molecule has 5 nitrogen and oxygen atoms in total. The molecule has 1 aliphatic rings. The molecule has 0 aromatic heterocycles. The van der Waals surface area contributed by atoms with Gasteiger partial charge < -0.3 is 9.47 Å². The third-order valence-electron chi connectivity index (χ3n) is 3.53. The Kier molecular flexibility index (Phi) is 6.04. The van der Waals surface area contributed by atoms with Crippen LogP contribution in [-0.4, -0.2) is 51.0 Å². The summed E-state index contributed by atoms with van der Waals surface area (Å²) in [6.45, 7) is 1.67. The van der Waals surface area contributed by atoms with E-state index in [2.05, 4.69) is 15.9 Å². The maximum Gasteiger partial charge on any atom is 0.243 e. The van der Waals surface area contributed by atoms with Gasteiger partial charge in [-0.05, 0) is 37.1 Å². The number of halogens is 1. The van der Waals surface area contributed by atoms with Crippen molar-refractivity contribution in [3.05, 3.63) is 24.3 Å². The van der Waals surface area contributed by atoms with Gasteiger partial charge in [0.2, 0.25) is 10.0 Å². The van der Waals surface area contributed by atoms with E-state index in [0.717, 1.165) is 18.2 Å². The highest BCUT2D eigenvalue weighted by Gasteiger charge is 2.29. The normalized spacial score (nSPS) is 17.8. The second-order valence-electron chi connectivity index (χ2n) is 4.84. The average Bonchev–Trinajstić information content (AvgIpc) is 2.53. The van der Waals surface area contributed by atoms with Crippen LogP contribution in [0.2, 0.25) is 0 Å². The zero-order valence-corrected chi connectivity index (χ0v) is 14.4. The summed E-state index contributed by atoms with van der Waals surface area (Å²) >= 11 is 3.32. The van der Waals surface area contributed by atoms with Crippen molar-refractivity contribution in [3.63, 3.8) is 0 Å². The quantitative estimate of drug-likeness (QED) is 0.713. The van der Waals surface area contributed by atoms with Gasteiger partial charge in [0.05, 0.1) is 24.7 Å². The summed E-state index contributed by atoms with van der Waals surface area (Å²) in [5.74, 6) is 0.649. The molecule has 1 saturated heterocycles. The number of alkyl halides is 1. The van der Waals surface area contributed by atoms with Crippen LogP contribution in [0.1, 0.15) is 12.8 Å². The van der Waals surface area contributed by atoms with Gasteiger partial charge in [0.1, 0.15) is 5.75 Å². The summed E-state index contributed by atoms with van der Waals surface area (Å²) in [6.07, 6.45) is 1.63. The zero-order valence-electron chi connectivity index (χ0n) is 12.0. The van der Waals surface area contributed by atoms with Crippen molar-refractivity contribution < 1.29 is 17.9 Å². The van der Waals surface area contributed by atoms with E-state index in [9.17, 15) is 8.42 Å². The van der Waals surface area contributed by atoms with Crippen molar-refractivity contribution in [3.8, 4) is 5.75 Å². The Hall–Kier alpha value is -0.630. The first kappa shape index (κ1) is 16.7. The van der Waals surface area contributed by atoms with E-state index in [4.69, 9.17) is 9.47 Å². The molecule has 1 heterocycles. The molecule has 0 bridgehead atoms. The first-order valence-electron chi connectivity index (χ1n) is 6.89. The Morgan fingerprint density at radius 2 is 1.86 bits per heavy atom. The Balaban J connectivity index is 2.00. The van der Waals surface area contributed by atoms with Crippen LogP contribution in [0.5, 0.6) is 5.75 Å². The average molecular weight is 378 g/mol. The Bertz CT molecular complexity index is 539. The molecule has 0 unspecified atom stereocenters. The Morgan fingerprint density at radius 1 is 1.24 bits per heavy atom. The van der Waals surface area contributed by atoms with Crippen molar-refractivity contribution in [1.29, 1.82) is 0 Å². The molecule has 0 aliphatic carbocycles. The van der Waals surface area contributed by atoms with Gasteiger partial charge in [-0.1, -0.05) is 15.9 Å². The topological polar surface area (TPSA) is 55.8 Å². The van der Waals surface area contributed by atoms with Crippen LogP contribution in [0.3, 0.4) is 0 Å². The van der Waals surface area contributed by atoms with Crippen LogP contribution in [0.15, 0.2) is 29.2 Å². The molecule has 1 fully saturated rings. The number of hydrogen-bond donors (Lipinski definition) is 0. The fraction of sp³-hybridized carbons (Fsp3) is 0.571. The first-order valence-corrected chi connectivity index (χ1v) is 9.46. The van der Waals surface area contributed by atoms with Crippen LogP contribution in [0.25, 0.3) is 0 Å². The van der Waals surface area contributed by atoms with E-state index in [0.29, 0.717) is 30.3 Å². The maximum absolute atomic E-state index is 12.5. The standard InChI is InChI=1S/C14H20BrNO4S/c1-19-12-2-4-14(5-3-12)21(17,18)16-9-6-13(7-10-16)20-11-8-15/h2-5,13H,6-11H2,1H3. The molecule has 1 aromatic carbocycles. The van der Waals surface area contributed by atoms with Crippen molar-refractivity contribution in [2.24, 2.45) is 0 Å². The lowest BCUT2D eigenvalue weighted by Gasteiger charge is -2.31. The molecule has 0 N–H and O–H groups in total. The first-order chi connectivity index (χ1) is 10.1. The van der Waals surface area contributed by atoms with E-state index < -0.39 is 10.0 Å². The van der Waals surface area contributed by atoms with E-state index in [1.165, 1.54) is 4.31 Å². The number of ether oxygens (including phenoxy) is 2. The van der Waals surface area contributed by atoms with Gasteiger partial charge >= 0.3 is 0 Å². The fourth-order valence-corrected chi connectivity index (χ4v) is 4.00. The summed E-state index contributed by atoms with van der Waals surface area (Å²) in [5.41, 5.74) is 0. The predicted molar refractivity (Wildman–Crippen MR) is 84.5 cm³/mol. The molecule has 0 atom stereocenters. The molecule has 2 rings (SSSR count). The number of sulfonamides is 1. The van der Waals surface area contributed by atoms with Crippen molar-refractivity contribution >= 4 is 26.0 Å². The lowest BCUT2D eigenvalue weighted by atomic mass is 10.1. The number of piperidine rings is 1. The summed E-state index contributed by atoms with van der Waals surface area (Å²) < 4.78 is 37.3. The molecule has 1 aromatic rings. The van der Waals surface area contributed by atoms with E-state index in [1.54, 1.807) is 31.4 Å². The molecule has 21 heavy (non-hydrogen) atoms. The fourth-order valence-electron chi connectivity index (χ4n) is 2.35. The second-order valence-corrected chi connectivity index (χ2v) is 7.57. The van der Waals surface area contributed by atoms with Crippen molar-refractivity contribution in [2.75, 3.05) is 32.1 Å². The van der Waals surface area contributed by atoms with Gasteiger partial charge in [-0.25, -0.2) is 8.42 Å². The highest BCUT2D eigenvalue weighted by atomic mass is 79.9. The summed E-state index contributed by atoms with van der Waals surface area (Å²) in [7, 11) is -1.86. The van der Waals surface area contributed by atoms with Gasteiger partial charge in [0.15, 0.2) is 0 Å². The van der Waals surface area contributed by atoms with E-state index >= 15 is 0 Å². The predicted octanol–water partition coefficient (Wildman–Crippen LogP) is 2.26. The summed E-state index contributed by atoms with van der Waals surface area (Å²) in [4.78, 5) is 0.308. The smallest absolute Gasteiger partial charge is 0.243 e. The number of methoxy groups -OCH3 is 1. The molecule has 0 radical (unpaired) electrons. The Morgan fingerprint density at radius 3 is 2.38 bits per heavy atom. The summed E-state index contributed by atoms with van der Waals surface area (Å²) in [6, 6.07) is 6.50. The molecule has 7 heteroatoms. The van der Waals surface area contributed by atoms with Crippen LogP contribution in [-0.2, 0) is 14.8 Å². The van der Waals surface area contributed by atoms with Crippen molar-refractivity contribution in [2.45, 2.75) is 23.8 Å². The number of rotatable bonds is 6. The lowest BCUT2D eigenvalue weighted by molar-refractivity contribution is 0.0309. The third-order valence-corrected chi connectivity index (χ3v) is 5.77. The van der Waals surface area contributed by atoms with E-state index in [-0.39, 0.29) is 6.10 Å². The number of nitrogens with zero attached hydrogens (tertiary/aromatic N) is 1. The van der Waals surface area contributed by atoms with Gasteiger partial charge in [0.25, 0.3) is 0 Å². The monoisotopic (exact) mass is 377 g/mol. The van der Waals surface area contributed by atoms with Crippen LogP contribution < -0.4 is 4.74 Å². The minimum atomic E-state index is -3.42. The van der Waals surface area contributed by atoms with Gasteiger partial charge in [-0.15, -0.1) is 0 Å². The van der Waals surface area contributed by atoms with Gasteiger partial charge in [-0.3, -0.25) is 0 Å². The molecular formula is C14H20BrNO4S. The lowest BCUT2D eigenvalue weighted by Crippen LogP contribution is -2.40. The van der Waals surface area contributed by atoms with Gasteiger partial charge in [-0.2, -0.15) is 4.31 Å². The molecule has 1 aliphatic heterocycles. The molecule has 0 amide bonds. The minimum Gasteiger partial charge on any atom is -0.497 e. The maximum atomic E-state index is 12.5. The third kappa shape index (κ3) is 4.18. The van der Waals surface area contributed by atoms with Crippen LogP contribution in [0.4, 0.5) is 0 Å². The van der Waals surface area contributed by atoms with Crippen LogP contribution >= 0.6 is 15.9 Å². The molecular weight excluding hydrogens is 358 g/mol. The molecule has 118 valence electrons. The zero-order chi connectivity index (χ0) is 15.3. The summed E-state index contributed by atoms with van der Waals surface area (Å²) in [5, 5.41) is 0.803. The number of hydrogen-bond acceptors (Lipinski definition) is 4. The SMILES string of the molecule is COc1ccc(S(=O)(=O)N2CCC(OCCBr)CC2)cc1. The molecule has 0 saturated carbocycles. The second kappa shape index (κ2) is 7.58. The largest absolute Gasteiger partial charge is 0.497 e. The highest BCUT2D eigenvalue weighted by molar-refractivity contribution is 9.09. The molecule has 0 spiro atoms. The number of benzene rings is 1. The van der Waals surface area contributed by atoms with Gasteiger partial charge in [0, 0.05) is 18.4 Å². The van der Waals surface area contributed by atoms with Crippen molar-refractivity contribution in [1.82, 2.24) is 4.31 Å². The van der Waals surface area contributed by atoms with E-state index in [1.807, 2.05) is 0 Å². The van der Waals surface area contributed by atoms with Crippen LogP contribution in [0, 0.1) is 0 Å². The highest BCUT2D eigenvalue weighted by Crippen LogP contribution is 2.23. The Labute approximate surface area is 134 Å². The minimum absolute atomic E-state index is 0.157.